The fourth-order valence-electron chi connectivity index (χ4n) is 2.02. The van der Waals surface area contributed by atoms with Gasteiger partial charge in [0.1, 0.15) is 12.4 Å². The first-order valence-corrected chi connectivity index (χ1v) is 7.26. The van der Waals surface area contributed by atoms with Crippen LogP contribution in [0.15, 0.2) is 30.5 Å². The number of nitrogens with one attached hydrogen (secondary N) is 1. The Kier molecular flexibility index (Phi) is 4.96. The molecule has 0 atom stereocenters. The molecule has 2 rings (SSSR count). The molecule has 0 saturated heterocycles. The van der Waals surface area contributed by atoms with E-state index in [9.17, 15) is 0 Å². The average molecular weight is 288 g/mol. The van der Waals surface area contributed by atoms with Gasteiger partial charge in [-0.1, -0.05) is 38.1 Å². The van der Waals surface area contributed by atoms with Gasteiger partial charge in [0.05, 0.1) is 12.2 Å². The minimum absolute atomic E-state index is 0.170. The Balaban J connectivity index is 1.82. The number of rotatable bonds is 6. The standard InChI is InChI=1S/C16H24N4O/c1-16(2,3)13-5-7-15(8-6-13)21-10-9-20-12-14(11-17-4)18-19-20/h5-8,12,17H,9-11H2,1-4H3. The summed E-state index contributed by atoms with van der Waals surface area (Å²) in [5.41, 5.74) is 2.41. The molecule has 0 radical (unpaired) electrons. The predicted octanol–water partition coefficient (Wildman–Crippen LogP) is 2.37. The predicted molar refractivity (Wildman–Crippen MR) is 83.4 cm³/mol. The third-order valence-corrected chi connectivity index (χ3v) is 3.25. The summed E-state index contributed by atoms with van der Waals surface area (Å²) in [5, 5.41) is 11.2. The second kappa shape index (κ2) is 6.72. The van der Waals surface area contributed by atoms with Crippen LogP contribution in [0, 0.1) is 0 Å². The van der Waals surface area contributed by atoms with Crippen molar-refractivity contribution in [2.45, 2.75) is 39.3 Å². The monoisotopic (exact) mass is 288 g/mol. The van der Waals surface area contributed by atoms with Crippen molar-refractivity contribution < 1.29 is 4.74 Å². The highest BCUT2D eigenvalue weighted by Gasteiger charge is 2.12. The zero-order valence-electron chi connectivity index (χ0n) is 13.3. The van der Waals surface area contributed by atoms with Crippen LogP contribution in [0.4, 0.5) is 0 Å². The molecule has 1 N–H and O–H groups in total. The summed E-state index contributed by atoms with van der Waals surface area (Å²) in [7, 11) is 1.89. The van der Waals surface area contributed by atoms with Gasteiger partial charge in [-0.15, -0.1) is 5.10 Å². The molecular formula is C16H24N4O. The Hall–Kier alpha value is -1.88. The van der Waals surface area contributed by atoms with Crippen molar-refractivity contribution in [3.8, 4) is 5.75 Å². The second-order valence-corrected chi connectivity index (χ2v) is 6.13. The molecule has 5 heteroatoms. The van der Waals surface area contributed by atoms with Gasteiger partial charge in [0.15, 0.2) is 0 Å². The van der Waals surface area contributed by atoms with Gasteiger partial charge in [0.2, 0.25) is 0 Å². The first-order chi connectivity index (χ1) is 9.99. The molecule has 0 aliphatic rings. The highest BCUT2D eigenvalue weighted by atomic mass is 16.5. The zero-order valence-corrected chi connectivity index (χ0v) is 13.3. The van der Waals surface area contributed by atoms with E-state index in [4.69, 9.17) is 4.74 Å². The molecule has 0 bridgehead atoms. The molecule has 0 fully saturated rings. The van der Waals surface area contributed by atoms with E-state index in [2.05, 4.69) is 48.5 Å². The van der Waals surface area contributed by atoms with E-state index >= 15 is 0 Å². The largest absolute Gasteiger partial charge is 0.492 e. The van der Waals surface area contributed by atoms with Gasteiger partial charge >= 0.3 is 0 Å². The van der Waals surface area contributed by atoms with Crippen LogP contribution < -0.4 is 10.1 Å². The normalized spacial score (nSPS) is 11.6. The van der Waals surface area contributed by atoms with Crippen molar-refractivity contribution in [3.05, 3.63) is 41.7 Å². The molecule has 0 unspecified atom stereocenters. The molecule has 0 saturated carbocycles. The quantitative estimate of drug-likeness (QED) is 0.886. The molecule has 0 aliphatic heterocycles. The third-order valence-electron chi connectivity index (χ3n) is 3.25. The topological polar surface area (TPSA) is 52.0 Å². The van der Waals surface area contributed by atoms with E-state index < -0.39 is 0 Å². The van der Waals surface area contributed by atoms with Crippen molar-refractivity contribution in [2.24, 2.45) is 0 Å². The van der Waals surface area contributed by atoms with E-state index in [1.54, 1.807) is 4.68 Å². The number of aromatic nitrogens is 3. The maximum absolute atomic E-state index is 5.74. The summed E-state index contributed by atoms with van der Waals surface area (Å²) in [4.78, 5) is 0. The van der Waals surface area contributed by atoms with Gasteiger partial charge in [0.25, 0.3) is 0 Å². The van der Waals surface area contributed by atoms with Crippen molar-refractivity contribution in [1.82, 2.24) is 20.3 Å². The minimum Gasteiger partial charge on any atom is -0.492 e. The Morgan fingerprint density at radius 3 is 2.52 bits per heavy atom. The van der Waals surface area contributed by atoms with Crippen LogP contribution >= 0.6 is 0 Å². The fourth-order valence-corrected chi connectivity index (χ4v) is 2.02. The number of nitrogens with zero attached hydrogens (tertiary/aromatic N) is 3. The molecule has 0 aliphatic carbocycles. The lowest BCUT2D eigenvalue weighted by molar-refractivity contribution is 0.289. The number of hydrogen-bond acceptors (Lipinski definition) is 4. The highest BCUT2D eigenvalue weighted by molar-refractivity contribution is 5.31. The van der Waals surface area contributed by atoms with Crippen LogP contribution in [0.5, 0.6) is 5.75 Å². The van der Waals surface area contributed by atoms with E-state index in [-0.39, 0.29) is 5.41 Å². The van der Waals surface area contributed by atoms with Crippen LogP contribution in [-0.2, 0) is 18.5 Å². The van der Waals surface area contributed by atoms with Gasteiger partial charge < -0.3 is 10.1 Å². The molecule has 5 nitrogen and oxygen atoms in total. The second-order valence-electron chi connectivity index (χ2n) is 6.13. The first-order valence-electron chi connectivity index (χ1n) is 7.26. The lowest BCUT2D eigenvalue weighted by Gasteiger charge is -2.19. The Bertz CT molecular complexity index is 554. The summed E-state index contributed by atoms with van der Waals surface area (Å²) in [6.45, 7) is 8.62. The molecule has 1 aromatic carbocycles. The molecule has 0 amide bonds. The molecular weight excluding hydrogens is 264 g/mol. The van der Waals surface area contributed by atoms with E-state index in [0.717, 1.165) is 18.0 Å². The first kappa shape index (κ1) is 15.5. The van der Waals surface area contributed by atoms with Crippen LogP contribution in [-0.4, -0.2) is 28.6 Å². The lowest BCUT2D eigenvalue weighted by Crippen LogP contribution is -2.11. The summed E-state index contributed by atoms with van der Waals surface area (Å²) < 4.78 is 7.54. The van der Waals surface area contributed by atoms with Gasteiger partial charge in [0, 0.05) is 12.7 Å². The van der Waals surface area contributed by atoms with Crippen LogP contribution in [0.2, 0.25) is 0 Å². The molecule has 1 heterocycles. The van der Waals surface area contributed by atoms with E-state index in [1.165, 1.54) is 5.56 Å². The molecule has 0 spiro atoms. The van der Waals surface area contributed by atoms with Crippen molar-refractivity contribution in [1.29, 1.82) is 0 Å². The Labute approximate surface area is 126 Å². The zero-order chi connectivity index (χ0) is 15.3. The van der Waals surface area contributed by atoms with Crippen molar-refractivity contribution in [3.63, 3.8) is 0 Å². The van der Waals surface area contributed by atoms with Gasteiger partial charge in [-0.3, -0.25) is 0 Å². The van der Waals surface area contributed by atoms with Gasteiger partial charge in [-0.05, 0) is 30.2 Å². The summed E-state index contributed by atoms with van der Waals surface area (Å²) in [6.07, 6.45) is 1.93. The molecule has 21 heavy (non-hydrogen) atoms. The van der Waals surface area contributed by atoms with E-state index in [0.29, 0.717) is 13.2 Å². The van der Waals surface area contributed by atoms with Crippen LogP contribution in [0.3, 0.4) is 0 Å². The SMILES string of the molecule is CNCc1cn(CCOc2ccc(C(C)(C)C)cc2)nn1. The van der Waals surface area contributed by atoms with Gasteiger partial charge in [-0.25, -0.2) is 4.68 Å². The summed E-state index contributed by atoms with van der Waals surface area (Å²) in [6, 6.07) is 8.29. The van der Waals surface area contributed by atoms with Crippen LogP contribution in [0.25, 0.3) is 0 Å². The maximum Gasteiger partial charge on any atom is 0.119 e. The van der Waals surface area contributed by atoms with Crippen molar-refractivity contribution >= 4 is 0 Å². The van der Waals surface area contributed by atoms with Crippen LogP contribution in [0.1, 0.15) is 32.0 Å². The fraction of sp³-hybridized carbons (Fsp3) is 0.500. The number of hydrogen-bond donors (Lipinski definition) is 1. The highest BCUT2D eigenvalue weighted by Crippen LogP contribution is 2.24. The van der Waals surface area contributed by atoms with Crippen molar-refractivity contribution in [2.75, 3.05) is 13.7 Å². The molecule has 1 aromatic heterocycles. The lowest BCUT2D eigenvalue weighted by atomic mass is 9.87. The summed E-state index contributed by atoms with van der Waals surface area (Å²) in [5.74, 6) is 0.888. The minimum atomic E-state index is 0.170. The summed E-state index contributed by atoms with van der Waals surface area (Å²) >= 11 is 0. The third kappa shape index (κ3) is 4.56. The molecule has 114 valence electrons. The number of ether oxygens (including phenoxy) is 1. The average Bonchev–Trinajstić information content (AvgIpc) is 2.86. The Morgan fingerprint density at radius 1 is 1.19 bits per heavy atom. The smallest absolute Gasteiger partial charge is 0.119 e. The maximum atomic E-state index is 5.74. The molecule has 2 aromatic rings. The van der Waals surface area contributed by atoms with E-state index in [1.807, 2.05) is 25.4 Å². The van der Waals surface area contributed by atoms with Gasteiger partial charge in [-0.2, -0.15) is 0 Å². The Morgan fingerprint density at radius 2 is 1.90 bits per heavy atom. The number of benzene rings is 1.